The van der Waals surface area contributed by atoms with E-state index in [1.54, 1.807) is 6.08 Å². The Kier molecular flexibility index (Phi) is 6.76. The SMILES string of the molecule is Cc1cccc(-n2ncc(C(N)=O)c2NC(=S)NC(=O)/C=C/c2cccc(Br)c2)c1. The van der Waals surface area contributed by atoms with Gasteiger partial charge in [0.1, 0.15) is 11.4 Å². The Balaban J connectivity index is 1.76. The normalized spacial score (nSPS) is 10.7. The van der Waals surface area contributed by atoms with Gasteiger partial charge < -0.3 is 11.1 Å². The van der Waals surface area contributed by atoms with E-state index in [9.17, 15) is 9.59 Å². The van der Waals surface area contributed by atoms with E-state index in [1.165, 1.54) is 17.0 Å². The van der Waals surface area contributed by atoms with Crippen molar-refractivity contribution in [2.45, 2.75) is 6.92 Å². The van der Waals surface area contributed by atoms with Crippen LogP contribution in [-0.2, 0) is 4.79 Å². The molecule has 0 aliphatic carbocycles. The topological polar surface area (TPSA) is 102 Å². The molecule has 0 atom stereocenters. The summed E-state index contributed by atoms with van der Waals surface area (Å²) in [4.78, 5) is 24.0. The zero-order chi connectivity index (χ0) is 21.7. The molecule has 1 aromatic heterocycles. The minimum Gasteiger partial charge on any atom is -0.365 e. The highest BCUT2D eigenvalue weighted by Crippen LogP contribution is 2.21. The number of benzene rings is 2. The van der Waals surface area contributed by atoms with Crippen molar-refractivity contribution in [1.82, 2.24) is 15.1 Å². The number of halogens is 1. The van der Waals surface area contributed by atoms with Crippen LogP contribution in [0.2, 0.25) is 0 Å². The van der Waals surface area contributed by atoms with Crippen LogP contribution in [0.15, 0.2) is 65.3 Å². The van der Waals surface area contributed by atoms with Crippen molar-refractivity contribution in [2.75, 3.05) is 5.32 Å². The van der Waals surface area contributed by atoms with Gasteiger partial charge in [-0.2, -0.15) is 5.10 Å². The fourth-order valence-corrected chi connectivity index (χ4v) is 3.29. The zero-order valence-corrected chi connectivity index (χ0v) is 18.3. The van der Waals surface area contributed by atoms with Gasteiger partial charge in [-0.25, -0.2) is 4.68 Å². The van der Waals surface area contributed by atoms with Gasteiger partial charge in [-0.1, -0.05) is 40.2 Å². The van der Waals surface area contributed by atoms with E-state index in [0.29, 0.717) is 5.69 Å². The number of nitrogens with zero attached hydrogens (tertiary/aromatic N) is 2. The van der Waals surface area contributed by atoms with Gasteiger partial charge in [-0.15, -0.1) is 0 Å². The molecule has 7 nitrogen and oxygen atoms in total. The second-order valence-electron chi connectivity index (χ2n) is 6.35. The summed E-state index contributed by atoms with van der Waals surface area (Å²) in [6, 6.07) is 15.0. The number of rotatable bonds is 5. The lowest BCUT2D eigenvalue weighted by Gasteiger charge is -2.12. The summed E-state index contributed by atoms with van der Waals surface area (Å²) in [5, 5.41) is 9.64. The van der Waals surface area contributed by atoms with Gasteiger partial charge in [0.05, 0.1) is 11.9 Å². The van der Waals surface area contributed by atoms with Crippen LogP contribution in [0, 0.1) is 6.92 Å². The lowest BCUT2D eigenvalue weighted by Crippen LogP contribution is -2.34. The number of anilines is 1. The highest BCUT2D eigenvalue weighted by Gasteiger charge is 2.18. The molecule has 152 valence electrons. The average molecular weight is 484 g/mol. The second kappa shape index (κ2) is 9.47. The van der Waals surface area contributed by atoms with Crippen molar-refractivity contribution in [3.8, 4) is 5.69 Å². The van der Waals surface area contributed by atoms with Crippen molar-refractivity contribution in [3.05, 3.63) is 82.0 Å². The maximum absolute atomic E-state index is 12.2. The predicted molar refractivity (Wildman–Crippen MR) is 124 cm³/mol. The fraction of sp³-hybridized carbons (Fsp3) is 0.0476. The van der Waals surface area contributed by atoms with Crippen LogP contribution in [0.5, 0.6) is 0 Å². The molecule has 0 radical (unpaired) electrons. The van der Waals surface area contributed by atoms with E-state index in [0.717, 1.165) is 15.6 Å². The number of aryl methyl sites for hydroxylation is 1. The number of nitrogens with one attached hydrogen (secondary N) is 2. The summed E-state index contributed by atoms with van der Waals surface area (Å²) < 4.78 is 2.41. The van der Waals surface area contributed by atoms with Crippen LogP contribution < -0.4 is 16.4 Å². The highest BCUT2D eigenvalue weighted by molar-refractivity contribution is 9.10. The minimum absolute atomic E-state index is 0.01000. The number of nitrogens with two attached hydrogens (primary N) is 1. The van der Waals surface area contributed by atoms with Gasteiger partial charge >= 0.3 is 0 Å². The summed E-state index contributed by atoms with van der Waals surface area (Å²) in [6.45, 7) is 1.94. The standard InChI is InChI=1S/C21H18BrN5O2S/c1-13-4-2-7-16(10-13)27-20(17(12-24-27)19(23)29)26-21(30)25-18(28)9-8-14-5-3-6-15(22)11-14/h2-12H,1H3,(H2,23,29)(H2,25,26,28,30)/b9-8+. The van der Waals surface area contributed by atoms with Gasteiger partial charge in [0, 0.05) is 10.5 Å². The van der Waals surface area contributed by atoms with Gasteiger partial charge in [0.15, 0.2) is 5.11 Å². The first kappa shape index (κ1) is 21.4. The summed E-state index contributed by atoms with van der Waals surface area (Å²) in [7, 11) is 0. The number of aromatic nitrogens is 2. The first-order valence-corrected chi connectivity index (χ1v) is 10.0. The molecule has 0 saturated carbocycles. The maximum atomic E-state index is 12.2. The molecular weight excluding hydrogens is 466 g/mol. The molecule has 3 aromatic rings. The van der Waals surface area contributed by atoms with Gasteiger partial charge in [-0.05, 0) is 60.6 Å². The Labute approximate surface area is 187 Å². The van der Waals surface area contributed by atoms with E-state index >= 15 is 0 Å². The Morgan fingerprint density at radius 3 is 2.67 bits per heavy atom. The van der Waals surface area contributed by atoms with Gasteiger partial charge in [0.25, 0.3) is 5.91 Å². The van der Waals surface area contributed by atoms with Crippen molar-refractivity contribution in [2.24, 2.45) is 5.73 Å². The molecule has 0 unspecified atom stereocenters. The Morgan fingerprint density at radius 2 is 1.97 bits per heavy atom. The number of thiocarbonyl (C=S) groups is 1. The quantitative estimate of drug-likeness (QED) is 0.380. The molecule has 30 heavy (non-hydrogen) atoms. The van der Waals surface area contributed by atoms with Crippen LogP contribution in [0.4, 0.5) is 5.82 Å². The van der Waals surface area contributed by atoms with E-state index < -0.39 is 11.8 Å². The molecule has 0 spiro atoms. The molecule has 0 saturated heterocycles. The molecule has 4 N–H and O–H groups in total. The molecule has 0 aliphatic rings. The average Bonchev–Trinajstić information content (AvgIpc) is 3.10. The number of amides is 2. The molecule has 3 rings (SSSR count). The third-order valence-electron chi connectivity index (χ3n) is 4.03. The smallest absolute Gasteiger partial charge is 0.254 e. The maximum Gasteiger partial charge on any atom is 0.254 e. The number of carbonyl (C=O) groups is 2. The Morgan fingerprint density at radius 1 is 1.20 bits per heavy atom. The van der Waals surface area contributed by atoms with E-state index in [2.05, 4.69) is 31.7 Å². The lowest BCUT2D eigenvalue weighted by atomic mass is 10.2. The summed E-state index contributed by atoms with van der Waals surface area (Å²) in [5.41, 5.74) is 8.20. The molecule has 2 aromatic carbocycles. The van der Waals surface area contributed by atoms with Gasteiger partial charge in [0.2, 0.25) is 5.91 Å². The fourth-order valence-electron chi connectivity index (χ4n) is 2.68. The lowest BCUT2D eigenvalue weighted by molar-refractivity contribution is -0.115. The second-order valence-corrected chi connectivity index (χ2v) is 7.68. The molecule has 2 amide bonds. The third kappa shape index (κ3) is 5.40. The zero-order valence-electron chi connectivity index (χ0n) is 15.9. The number of primary amides is 1. The van der Waals surface area contributed by atoms with Gasteiger partial charge in [-0.3, -0.25) is 14.9 Å². The predicted octanol–water partition coefficient (Wildman–Crippen LogP) is 3.57. The van der Waals surface area contributed by atoms with Crippen molar-refractivity contribution in [1.29, 1.82) is 0 Å². The van der Waals surface area contributed by atoms with Crippen molar-refractivity contribution < 1.29 is 9.59 Å². The van der Waals surface area contributed by atoms with Crippen molar-refractivity contribution in [3.63, 3.8) is 0 Å². The Bertz CT molecular complexity index is 1160. The van der Waals surface area contributed by atoms with Crippen LogP contribution >= 0.6 is 28.1 Å². The number of hydrogen-bond donors (Lipinski definition) is 3. The highest BCUT2D eigenvalue weighted by atomic mass is 79.9. The molecule has 1 heterocycles. The molecule has 0 aliphatic heterocycles. The number of carbonyl (C=O) groups excluding carboxylic acids is 2. The summed E-state index contributed by atoms with van der Waals surface area (Å²) >= 11 is 8.61. The van der Waals surface area contributed by atoms with Crippen molar-refractivity contribution >= 4 is 57.0 Å². The van der Waals surface area contributed by atoms with E-state index in [4.69, 9.17) is 18.0 Å². The van der Waals surface area contributed by atoms with Crippen LogP contribution in [0.1, 0.15) is 21.5 Å². The molecule has 0 fully saturated rings. The summed E-state index contributed by atoms with van der Waals surface area (Å²) in [6.07, 6.45) is 4.38. The summed E-state index contributed by atoms with van der Waals surface area (Å²) in [5.74, 6) is -0.816. The molecular formula is C21H18BrN5O2S. The van der Waals surface area contributed by atoms with Crippen LogP contribution in [-0.4, -0.2) is 26.7 Å². The van der Waals surface area contributed by atoms with E-state index in [-0.39, 0.29) is 16.5 Å². The Hall–Kier alpha value is -3.30. The van der Waals surface area contributed by atoms with Crippen LogP contribution in [0.25, 0.3) is 11.8 Å². The molecule has 0 bridgehead atoms. The largest absolute Gasteiger partial charge is 0.365 e. The monoisotopic (exact) mass is 483 g/mol. The minimum atomic E-state index is -0.667. The number of hydrogen-bond acceptors (Lipinski definition) is 4. The van der Waals surface area contributed by atoms with E-state index in [1.807, 2.05) is 55.5 Å². The first-order chi connectivity index (χ1) is 14.3. The third-order valence-corrected chi connectivity index (χ3v) is 4.72. The molecule has 9 heteroatoms. The van der Waals surface area contributed by atoms with Crippen LogP contribution in [0.3, 0.4) is 0 Å². The first-order valence-electron chi connectivity index (χ1n) is 8.84.